The highest BCUT2D eigenvalue weighted by Crippen LogP contribution is 2.36. The number of carbonyl (C=O) groups is 2. The van der Waals surface area contributed by atoms with E-state index in [0.29, 0.717) is 25.2 Å². The van der Waals surface area contributed by atoms with Gasteiger partial charge >= 0.3 is 5.97 Å². The number of Topliss-reactive ketones (excluding diaryl/α,β-unsaturated/α-hetero) is 1. The minimum Gasteiger partial charge on any atom is -0.466 e. The Morgan fingerprint density at radius 1 is 1.28 bits per heavy atom. The molecule has 1 aliphatic heterocycles. The third-order valence-electron chi connectivity index (χ3n) is 3.32. The zero-order chi connectivity index (χ0) is 13.4. The molecular formula is C14H24O3S. The summed E-state index contributed by atoms with van der Waals surface area (Å²) in [5.74, 6) is 1.26. The second-order valence-electron chi connectivity index (χ2n) is 4.74. The molecule has 0 saturated carbocycles. The average molecular weight is 272 g/mol. The van der Waals surface area contributed by atoms with E-state index in [0.717, 1.165) is 31.4 Å². The Morgan fingerprint density at radius 2 is 2.06 bits per heavy atom. The van der Waals surface area contributed by atoms with Gasteiger partial charge in [0.2, 0.25) is 0 Å². The predicted octanol–water partition coefficient (Wildman–Crippen LogP) is 3.21. The van der Waals surface area contributed by atoms with Crippen LogP contribution in [0.4, 0.5) is 0 Å². The van der Waals surface area contributed by atoms with E-state index in [9.17, 15) is 9.59 Å². The normalized spacial score (nSPS) is 23.0. The molecule has 18 heavy (non-hydrogen) atoms. The summed E-state index contributed by atoms with van der Waals surface area (Å²) < 4.78 is 4.97. The van der Waals surface area contributed by atoms with Crippen LogP contribution in [0.1, 0.15) is 52.4 Å². The summed E-state index contributed by atoms with van der Waals surface area (Å²) in [6.45, 7) is 4.37. The van der Waals surface area contributed by atoms with Crippen molar-refractivity contribution in [2.75, 3.05) is 12.4 Å². The first-order chi connectivity index (χ1) is 8.69. The van der Waals surface area contributed by atoms with E-state index in [2.05, 4.69) is 6.92 Å². The smallest absolute Gasteiger partial charge is 0.306 e. The Bertz CT molecular complexity index is 278. The average Bonchev–Trinajstić information content (AvgIpc) is 2.77. The Kier molecular flexibility index (Phi) is 7.40. The van der Waals surface area contributed by atoms with Crippen molar-refractivity contribution >= 4 is 23.5 Å². The lowest BCUT2D eigenvalue weighted by atomic mass is 9.92. The van der Waals surface area contributed by atoms with Crippen molar-refractivity contribution in [3.8, 4) is 0 Å². The second-order valence-corrected chi connectivity index (χ2v) is 6.08. The van der Waals surface area contributed by atoms with Gasteiger partial charge in [-0.15, -0.1) is 0 Å². The Balaban J connectivity index is 2.38. The van der Waals surface area contributed by atoms with Crippen molar-refractivity contribution in [2.45, 2.75) is 57.6 Å². The van der Waals surface area contributed by atoms with Gasteiger partial charge in [-0.1, -0.05) is 19.8 Å². The van der Waals surface area contributed by atoms with E-state index >= 15 is 0 Å². The Hall–Kier alpha value is -0.510. The van der Waals surface area contributed by atoms with Gasteiger partial charge in [0.1, 0.15) is 5.78 Å². The molecule has 4 heteroatoms. The summed E-state index contributed by atoms with van der Waals surface area (Å²) in [6.07, 6.45) is 5.25. The van der Waals surface area contributed by atoms with Crippen molar-refractivity contribution in [1.82, 2.24) is 0 Å². The van der Waals surface area contributed by atoms with Crippen LogP contribution in [0, 0.1) is 5.92 Å². The summed E-state index contributed by atoms with van der Waals surface area (Å²) in [6, 6.07) is 0. The Morgan fingerprint density at radius 3 is 2.72 bits per heavy atom. The highest BCUT2D eigenvalue weighted by Gasteiger charge is 2.34. The maximum Gasteiger partial charge on any atom is 0.306 e. The monoisotopic (exact) mass is 272 g/mol. The summed E-state index contributed by atoms with van der Waals surface area (Å²) in [5, 5.41) is 0.151. The van der Waals surface area contributed by atoms with Crippen molar-refractivity contribution < 1.29 is 14.3 Å². The number of hydrogen-bond donors (Lipinski definition) is 0. The first-order valence-electron chi connectivity index (χ1n) is 6.99. The van der Waals surface area contributed by atoms with Gasteiger partial charge in [-0.25, -0.2) is 0 Å². The van der Waals surface area contributed by atoms with Crippen molar-refractivity contribution in [1.29, 1.82) is 0 Å². The first-order valence-corrected chi connectivity index (χ1v) is 8.03. The number of carbonyl (C=O) groups excluding carboxylic acids is 2. The molecule has 2 atom stereocenters. The fraction of sp³-hybridized carbons (Fsp3) is 0.857. The third kappa shape index (κ3) is 5.01. The fourth-order valence-electron chi connectivity index (χ4n) is 2.34. The minimum atomic E-state index is -0.164. The van der Waals surface area contributed by atoms with Crippen LogP contribution < -0.4 is 0 Å². The molecule has 0 aliphatic carbocycles. The molecule has 1 heterocycles. The number of esters is 1. The first kappa shape index (κ1) is 15.5. The molecule has 1 saturated heterocycles. The minimum absolute atomic E-state index is 0.0799. The summed E-state index contributed by atoms with van der Waals surface area (Å²) in [5.41, 5.74) is 0. The quantitative estimate of drug-likeness (QED) is 0.502. The molecule has 0 aromatic heterocycles. The van der Waals surface area contributed by atoms with Gasteiger partial charge in [-0.2, -0.15) is 11.8 Å². The van der Waals surface area contributed by atoms with Crippen LogP contribution in [-0.2, 0) is 14.3 Å². The highest BCUT2D eigenvalue weighted by atomic mass is 32.2. The van der Waals surface area contributed by atoms with Gasteiger partial charge in [0.05, 0.1) is 13.0 Å². The van der Waals surface area contributed by atoms with Crippen molar-refractivity contribution in [3.05, 3.63) is 0 Å². The van der Waals surface area contributed by atoms with Gasteiger partial charge < -0.3 is 4.74 Å². The van der Waals surface area contributed by atoms with Crippen LogP contribution in [0.2, 0.25) is 0 Å². The van der Waals surface area contributed by atoms with Gasteiger partial charge in [0, 0.05) is 17.6 Å². The van der Waals surface area contributed by atoms with Gasteiger partial charge in [0.15, 0.2) is 0 Å². The van der Waals surface area contributed by atoms with Gasteiger partial charge in [0.25, 0.3) is 0 Å². The van der Waals surface area contributed by atoms with Crippen LogP contribution in [0.15, 0.2) is 0 Å². The molecule has 1 aliphatic rings. The second kappa shape index (κ2) is 8.57. The van der Waals surface area contributed by atoms with Crippen LogP contribution in [0.25, 0.3) is 0 Å². The summed E-state index contributed by atoms with van der Waals surface area (Å²) in [7, 11) is 0. The molecule has 3 nitrogen and oxygen atoms in total. The number of ether oxygens (including phenoxy) is 1. The lowest BCUT2D eigenvalue weighted by molar-refractivity contribution is -0.143. The SMILES string of the molecule is CCCCCC(=O)[C@H]1CCS[C@@H]1CC(=O)OCC. The molecule has 1 rings (SSSR count). The maximum atomic E-state index is 12.1. The predicted molar refractivity (Wildman–Crippen MR) is 74.8 cm³/mol. The molecule has 104 valence electrons. The molecule has 0 aromatic carbocycles. The van der Waals surface area contributed by atoms with Gasteiger partial charge in [-0.05, 0) is 25.5 Å². The van der Waals surface area contributed by atoms with Crippen LogP contribution in [0.5, 0.6) is 0 Å². The molecule has 1 fully saturated rings. The molecule has 0 radical (unpaired) electrons. The Labute approximate surface area is 114 Å². The zero-order valence-electron chi connectivity index (χ0n) is 11.4. The van der Waals surface area contributed by atoms with Crippen LogP contribution in [-0.4, -0.2) is 29.4 Å². The van der Waals surface area contributed by atoms with E-state index in [1.165, 1.54) is 0 Å². The fourth-order valence-corrected chi connectivity index (χ4v) is 3.80. The summed E-state index contributed by atoms with van der Waals surface area (Å²) >= 11 is 1.75. The molecule has 0 amide bonds. The highest BCUT2D eigenvalue weighted by molar-refractivity contribution is 8.00. The van der Waals surface area contributed by atoms with E-state index in [1.54, 1.807) is 11.8 Å². The van der Waals surface area contributed by atoms with E-state index in [4.69, 9.17) is 4.74 Å². The topological polar surface area (TPSA) is 43.4 Å². The van der Waals surface area contributed by atoms with Crippen LogP contribution >= 0.6 is 11.8 Å². The van der Waals surface area contributed by atoms with Crippen molar-refractivity contribution in [2.24, 2.45) is 5.92 Å². The zero-order valence-corrected chi connectivity index (χ0v) is 12.3. The number of thioether (sulfide) groups is 1. The lowest BCUT2D eigenvalue weighted by Gasteiger charge is -2.16. The van der Waals surface area contributed by atoms with E-state index < -0.39 is 0 Å². The van der Waals surface area contributed by atoms with Gasteiger partial charge in [-0.3, -0.25) is 9.59 Å². The van der Waals surface area contributed by atoms with Crippen molar-refractivity contribution in [3.63, 3.8) is 0 Å². The standard InChI is InChI=1S/C14H24O3S/c1-3-5-6-7-12(15)11-8-9-18-13(11)10-14(16)17-4-2/h11,13H,3-10H2,1-2H3/t11-,13-/m1/s1. The molecule has 0 N–H and O–H groups in total. The molecule has 0 unspecified atom stereocenters. The maximum absolute atomic E-state index is 12.1. The number of ketones is 1. The van der Waals surface area contributed by atoms with E-state index in [1.807, 2.05) is 6.92 Å². The molecule has 0 bridgehead atoms. The number of hydrogen-bond acceptors (Lipinski definition) is 4. The van der Waals surface area contributed by atoms with E-state index in [-0.39, 0.29) is 17.1 Å². The lowest BCUT2D eigenvalue weighted by Crippen LogP contribution is -2.25. The number of unbranched alkanes of at least 4 members (excludes halogenated alkanes) is 2. The third-order valence-corrected chi connectivity index (χ3v) is 4.72. The van der Waals surface area contributed by atoms with Crippen LogP contribution in [0.3, 0.4) is 0 Å². The number of rotatable bonds is 8. The molecule has 0 spiro atoms. The molecular weight excluding hydrogens is 248 g/mol. The summed E-state index contributed by atoms with van der Waals surface area (Å²) in [4.78, 5) is 23.6. The largest absolute Gasteiger partial charge is 0.466 e. The molecule has 0 aromatic rings.